The second kappa shape index (κ2) is 6.97. The Kier molecular flexibility index (Phi) is 5.04. The number of hydrogen-bond donors (Lipinski definition) is 1. The number of likely N-dealkylation sites (tertiary alicyclic amines) is 1. The SMILES string of the molecule is CC1CC(NC(=O)C2CN(C(=O)c3ccc(F)c(F)c3)C2)CC(C)(C)C1. The summed E-state index contributed by atoms with van der Waals surface area (Å²) in [6, 6.07) is 3.28. The molecule has 1 aliphatic heterocycles. The van der Waals surface area contributed by atoms with Gasteiger partial charge in [0.2, 0.25) is 5.91 Å². The van der Waals surface area contributed by atoms with Gasteiger partial charge in [-0.05, 0) is 48.8 Å². The highest BCUT2D eigenvalue weighted by Crippen LogP contribution is 2.38. The summed E-state index contributed by atoms with van der Waals surface area (Å²) < 4.78 is 26.3. The first-order valence-electron chi connectivity index (χ1n) is 9.19. The lowest BCUT2D eigenvalue weighted by molar-refractivity contribution is -0.130. The van der Waals surface area contributed by atoms with Gasteiger partial charge in [0.05, 0.1) is 5.92 Å². The molecule has 0 aromatic heterocycles. The standard InChI is InChI=1S/C20H26F2N2O2/c1-12-6-15(9-20(2,3)8-12)23-18(25)14-10-24(11-14)19(26)13-4-5-16(21)17(22)7-13/h4-5,7,12,14-15H,6,8-11H2,1-3H3,(H,23,25). The van der Waals surface area contributed by atoms with Crippen LogP contribution in [0.4, 0.5) is 8.78 Å². The van der Waals surface area contributed by atoms with Crippen molar-refractivity contribution in [2.45, 2.75) is 46.1 Å². The molecule has 1 N–H and O–H groups in total. The van der Waals surface area contributed by atoms with Crippen LogP contribution in [0.25, 0.3) is 0 Å². The highest BCUT2D eigenvalue weighted by molar-refractivity contribution is 5.96. The zero-order chi connectivity index (χ0) is 19.1. The molecule has 1 aromatic carbocycles. The molecule has 6 heteroatoms. The predicted octanol–water partition coefficient (Wildman–Crippen LogP) is 3.37. The van der Waals surface area contributed by atoms with Crippen molar-refractivity contribution in [2.75, 3.05) is 13.1 Å². The molecule has 4 nitrogen and oxygen atoms in total. The van der Waals surface area contributed by atoms with Gasteiger partial charge in [-0.2, -0.15) is 0 Å². The van der Waals surface area contributed by atoms with Gasteiger partial charge in [-0.15, -0.1) is 0 Å². The van der Waals surface area contributed by atoms with E-state index in [1.807, 2.05) is 0 Å². The highest BCUT2D eigenvalue weighted by Gasteiger charge is 2.39. The maximum atomic E-state index is 13.3. The van der Waals surface area contributed by atoms with E-state index < -0.39 is 11.6 Å². The van der Waals surface area contributed by atoms with Crippen LogP contribution in [0.3, 0.4) is 0 Å². The van der Waals surface area contributed by atoms with Crippen molar-refractivity contribution in [1.29, 1.82) is 0 Å². The van der Waals surface area contributed by atoms with Crippen LogP contribution in [0.15, 0.2) is 18.2 Å². The number of carbonyl (C=O) groups is 2. The first-order chi connectivity index (χ1) is 12.1. The van der Waals surface area contributed by atoms with E-state index in [9.17, 15) is 18.4 Å². The molecule has 142 valence electrons. The lowest BCUT2D eigenvalue weighted by Crippen LogP contribution is -2.57. The van der Waals surface area contributed by atoms with Gasteiger partial charge in [-0.3, -0.25) is 9.59 Å². The molecule has 1 heterocycles. The molecule has 1 aromatic rings. The number of carbonyl (C=O) groups excluding carboxylic acids is 2. The Bertz CT molecular complexity index is 714. The van der Waals surface area contributed by atoms with Crippen LogP contribution in [0, 0.1) is 28.9 Å². The summed E-state index contributed by atoms with van der Waals surface area (Å²) in [5, 5.41) is 3.14. The fraction of sp³-hybridized carbons (Fsp3) is 0.600. The van der Waals surface area contributed by atoms with Gasteiger partial charge < -0.3 is 10.2 Å². The molecule has 1 saturated heterocycles. The molecule has 2 fully saturated rings. The van der Waals surface area contributed by atoms with Crippen molar-refractivity contribution in [2.24, 2.45) is 17.3 Å². The summed E-state index contributed by atoms with van der Waals surface area (Å²) in [5.41, 5.74) is 0.328. The van der Waals surface area contributed by atoms with Gasteiger partial charge in [-0.25, -0.2) is 8.78 Å². The van der Waals surface area contributed by atoms with Crippen molar-refractivity contribution in [3.8, 4) is 0 Å². The van der Waals surface area contributed by atoms with E-state index in [0.717, 1.165) is 25.0 Å². The molecule has 0 spiro atoms. The van der Waals surface area contributed by atoms with Crippen LogP contribution in [0.5, 0.6) is 0 Å². The summed E-state index contributed by atoms with van der Waals surface area (Å²) in [6.07, 6.45) is 3.12. The summed E-state index contributed by atoms with van der Waals surface area (Å²) in [7, 11) is 0. The van der Waals surface area contributed by atoms with Crippen molar-refractivity contribution < 1.29 is 18.4 Å². The number of halogens is 2. The Morgan fingerprint density at radius 3 is 2.46 bits per heavy atom. The van der Waals surface area contributed by atoms with Gasteiger partial charge in [0.25, 0.3) is 5.91 Å². The van der Waals surface area contributed by atoms with Crippen molar-refractivity contribution in [3.63, 3.8) is 0 Å². The van der Waals surface area contributed by atoms with Crippen LogP contribution in [0.2, 0.25) is 0 Å². The Labute approximate surface area is 152 Å². The smallest absolute Gasteiger partial charge is 0.254 e. The Morgan fingerprint density at radius 1 is 1.15 bits per heavy atom. The molecular formula is C20H26F2N2O2. The number of nitrogens with zero attached hydrogens (tertiary/aromatic N) is 1. The average Bonchev–Trinajstić information content (AvgIpc) is 2.46. The maximum Gasteiger partial charge on any atom is 0.254 e. The molecular weight excluding hydrogens is 338 g/mol. The molecule has 2 unspecified atom stereocenters. The molecule has 0 bridgehead atoms. The summed E-state index contributed by atoms with van der Waals surface area (Å²) in [5.74, 6) is -2.07. The fourth-order valence-electron chi connectivity index (χ4n) is 4.40. The first kappa shape index (κ1) is 18.8. The van der Waals surface area contributed by atoms with Crippen LogP contribution >= 0.6 is 0 Å². The first-order valence-corrected chi connectivity index (χ1v) is 9.19. The van der Waals surface area contributed by atoms with Gasteiger partial charge in [0, 0.05) is 24.7 Å². The molecule has 1 saturated carbocycles. The zero-order valence-corrected chi connectivity index (χ0v) is 15.5. The third-order valence-corrected chi connectivity index (χ3v) is 5.44. The Balaban J connectivity index is 1.52. The predicted molar refractivity (Wildman–Crippen MR) is 94.5 cm³/mol. The van der Waals surface area contributed by atoms with E-state index in [4.69, 9.17) is 0 Å². The number of nitrogens with one attached hydrogen (secondary N) is 1. The lowest BCUT2D eigenvalue weighted by atomic mass is 9.70. The number of rotatable bonds is 3. The van der Waals surface area contributed by atoms with Gasteiger partial charge in [0.15, 0.2) is 11.6 Å². The van der Waals surface area contributed by atoms with E-state index in [0.29, 0.717) is 19.0 Å². The third kappa shape index (κ3) is 4.05. The van der Waals surface area contributed by atoms with Crippen molar-refractivity contribution >= 4 is 11.8 Å². The molecule has 2 atom stereocenters. The average molecular weight is 364 g/mol. The zero-order valence-electron chi connectivity index (χ0n) is 15.5. The molecule has 3 rings (SSSR count). The second-order valence-corrected chi connectivity index (χ2v) is 8.65. The summed E-state index contributed by atoms with van der Waals surface area (Å²) in [6.45, 7) is 7.30. The molecule has 2 aliphatic rings. The van der Waals surface area contributed by atoms with Gasteiger partial charge in [-0.1, -0.05) is 20.8 Å². The van der Waals surface area contributed by atoms with Crippen LogP contribution < -0.4 is 5.32 Å². The van der Waals surface area contributed by atoms with Crippen molar-refractivity contribution in [3.05, 3.63) is 35.4 Å². The molecule has 1 aliphatic carbocycles. The number of hydrogen-bond acceptors (Lipinski definition) is 2. The van der Waals surface area contributed by atoms with Crippen LogP contribution in [0.1, 0.15) is 50.4 Å². The largest absolute Gasteiger partial charge is 0.353 e. The van der Waals surface area contributed by atoms with E-state index in [2.05, 4.69) is 26.1 Å². The highest BCUT2D eigenvalue weighted by atomic mass is 19.2. The van der Waals surface area contributed by atoms with Crippen molar-refractivity contribution in [1.82, 2.24) is 10.2 Å². The lowest BCUT2D eigenvalue weighted by Gasteiger charge is -2.42. The summed E-state index contributed by atoms with van der Waals surface area (Å²) >= 11 is 0. The van der Waals surface area contributed by atoms with E-state index in [-0.39, 0.29) is 34.8 Å². The topological polar surface area (TPSA) is 49.4 Å². The van der Waals surface area contributed by atoms with Gasteiger partial charge in [0.1, 0.15) is 0 Å². The van der Waals surface area contributed by atoms with E-state index >= 15 is 0 Å². The molecule has 0 radical (unpaired) electrons. The third-order valence-electron chi connectivity index (χ3n) is 5.44. The van der Waals surface area contributed by atoms with E-state index in [1.165, 1.54) is 17.4 Å². The minimum Gasteiger partial charge on any atom is -0.353 e. The van der Waals surface area contributed by atoms with Crippen LogP contribution in [-0.2, 0) is 4.79 Å². The Hall–Kier alpha value is -1.98. The molecule has 2 amide bonds. The monoisotopic (exact) mass is 364 g/mol. The van der Waals surface area contributed by atoms with E-state index in [1.54, 1.807) is 0 Å². The summed E-state index contributed by atoms with van der Waals surface area (Å²) in [4.78, 5) is 26.2. The Morgan fingerprint density at radius 2 is 1.85 bits per heavy atom. The van der Waals surface area contributed by atoms with Crippen LogP contribution in [-0.4, -0.2) is 35.8 Å². The number of benzene rings is 1. The normalized spacial score (nSPS) is 25.5. The second-order valence-electron chi connectivity index (χ2n) is 8.65. The minimum atomic E-state index is -1.04. The quantitative estimate of drug-likeness (QED) is 0.894. The number of amides is 2. The maximum absolute atomic E-state index is 13.3. The molecule has 26 heavy (non-hydrogen) atoms. The fourth-order valence-corrected chi connectivity index (χ4v) is 4.40. The van der Waals surface area contributed by atoms with Gasteiger partial charge >= 0.3 is 0 Å². The minimum absolute atomic E-state index is 0.0192.